The molecule has 1 aliphatic rings. The summed E-state index contributed by atoms with van der Waals surface area (Å²) in [4.78, 5) is 16.1. The number of aryl methyl sites for hydroxylation is 2. The zero-order valence-corrected chi connectivity index (χ0v) is 13.4. The molecule has 1 amide bonds. The Morgan fingerprint density at radius 1 is 1.55 bits per heavy atom. The summed E-state index contributed by atoms with van der Waals surface area (Å²) in [5.41, 5.74) is 2.15. The Balaban J connectivity index is 2.12. The van der Waals surface area contributed by atoms with Gasteiger partial charge in [-0.15, -0.1) is 17.9 Å². The minimum atomic E-state index is -0.0320. The number of amides is 1. The topological polar surface area (TPSA) is 32.3 Å². The van der Waals surface area contributed by atoms with Gasteiger partial charge in [0.25, 0.3) is 0 Å². The molecular formula is C16H24N2OS. The van der Waals surface area contributed by atoms with Gasteiger partial charge < -0.3 is 5.32 Å². The van der Waals surface area contributed by atoms with Crippen molar-refractivity contribution in [3.63, 3.8) is 0 Å². The Morgan fingerprint density at radius 2 is 2.30 bits per heavy atom. The standard InChI is InChI=1S/C16H24N2OS/c1-5-12(3)18-9-7-6-8-14(18)16(19)17-15-11(2)10-20-13(15)4/h5,10,12,14H,1,6-9H2,2-4H3,(H,17,19)/t12?,14-/m0/s1. The van der Waals surface area contributed by atoms with E-state index in [1.54, 1.807) is 11.3 Å². The molecule has 2 rings (SSSR count). The van der Waals surface area contributed by atoms with Crippen molar-refractivity contribution in [3.05, 3.63) is 28.5 Å². The summed E-state index contributed by atoms with van der Waals surface area (Å²) in [5.74, 6) is 0.128. The molecule has 1 aliphatic heterocycles. The number of nitrogens with one attached hydrogen (secondary N) is 1. The van der Waals surface area contributed by atoms with E-state index >= 15 is 0 Å². The first-order valence-electron chi connectivity index (χ1n) is 7.28. The van der Waals surface area contributed by atoms with E-state index < -0.39 is 0 Å². The monoisotopic (exact) mass is 292 g/mol. The fourth-order valence-electron chi connectivity index (χ4n) is 2.82. The van der Waals surface area contributed by atoms with Gasteiger partial charge in [-0.25, -0.2) is 0 Å². The summed E-state index contributed by atoms with van der Waals surface area (Å²) >= 11 is 1.69. The molecule has 0 saturated carbocycles. The maximum atomic E-state index is 12.6. The van der Waals surface area contributed by atoms with Crippen LogP contribution in [0.25, 0.3) is 0 Å². The summed E-state index contributed by atoms with van der Waals surface area (Å²) in [5, 5.41) is 5.23. The molecule has 110 valence electrons. The lowest BCUT2D eigenvalue weighted by Crippen LogP contribution is -2.50. The van der Waals surface area contributed by atoms with Crippen molar-refractivity contribution in [2.75, 3.05) is 11.9 Å². The van der Waals surface area contributed by atoms with Crippen LogP contribution in [0.1, 0.15) is 36.6 Å². The van der Waals surface area contributed by atoms with E-state index in [1.165, 1.54) is 11.3 Å². The van der Waals surface area contributed by atoms with Gasteiger partial charge in [0, 0.05) is 10.9 Å². The molecule has 0 radical (unpaired) electrons. The van der Waals surface area contributed by atoms with Crippen LogP contribution in [0.4, 0.5) is 5.69 Å². The Kier molecular flexibility index (Phi) is 5.00. The van der Waals surface area contributed by atoms with Crippen LogP contribution in [0, 0.1) is 13.8 Å². The third kappa shape index (κ3) is 3.13. The third-order valence-electron chi connectivity index (χ3n) is 4.12. The first-order chi connectivity index (χ1) is 9.54. The van der Waals surface area contributed by atoms with E-state index in [0.29, 0.717) is 0 Å². The van der Waals surface area contributed by atoms with Crippen LogP contribution in [0.5, 0.6) is 0 Å². The third-order valence-corrected chi connectivity index (χ3v) is 5.15. The van der Waals surface area contributed by atoms with Crippen LogP contribution < -0.4 is 5.32 Å². The molecule has 0 spiro atoms. The Labute approximate surface area is 125 Å². The van der Waals surface area contributed by atoms with Crippen LogP contribution in [0.2, 0.25) is 0 Å². The second-order valence-electron chi connectivity index (χ2n) is 5.56. The SMILES string of the molecule is C=CC(C)N1CCCC[C@H]1C(=O)Nc1c(C)csc1C. The predicted octanol–water partition coefficient (Wildman–Crippen LogP) is 3.73. The zero-order chi connectivity index (χ0) is 14.7. The van der Waals surface area contributed by atoms with Gasteiger partial charge in [-0.05, 0) is 51.1 Å². The van der Waals surface area contributed by atoms with Crippen molar-refractivity contribution >= 4 is 22.9 Å². The van der Waals surface area contributed by atoms with Crippen molar-refractivity contribution in [1.82, 2.24) is 4.90 Å². The first kappa shape index (κ1) is 15.3. The first-order valence-corrected chi connectivity index (χ1v) is 8.16. The van der Waals surface area contributed by atoms with Crippen molar-refractivity contribution < 1.29 is 4.79 Å². The summed E-state index contributed by atoms with van der Waals surface area (Å²) in [6, 6.07) is 0.214. The quantitative estimate of drug-likeness (QED) is 0.858. The number of nitrogens with zero attached hydrogens (tertiary/aromatic N) is 1. The maximum Gasteiger partial charge on any atom is 0.241 e. The van der Waals surface area contributed by atoms with Crippen LogP contribution in [0.3, 0.4) is 0 Å². The summed E-state index contributed by atoms with van der Waals surface area (Å²) in [7, 11) is 0. The number of thiophene rings is 1. The molecule has 0 aromatic carbocycles. The van der Waals surface area contributed by atoms with E-state index in [1.807, 2.05) is 13.0 Å². The second-order valence-corrected chi connectivity index (χ2v) is 6.65. The van der Waals surface area contributed by atoms with Gasteiger partial charge in [-0.1, -0.05) is 12.5 Å². The van der Waals surface area contributed by atoms with Gasteiger partial charge in [0.2, 0.25) is 5.91 Å². The smallest absolute Gasteiger partial charge is 0.241 e. The van der Waals surface area contributed by atoms with E-state index in [-0.39, 0.29) is 18.0 Å². The van der Waals surface area contributed by atoms with Gasteiger partial charge in [0.05, 0.1) is 11.7 Å². The number of carbonyl (C=O) groups is 1. The highest BCUT2D eigenvalue weighted by Gasteiger charge is 2.31. The molecule has 1 aromatic heterocycles. The second kappa shape index (κ2) is 6.55. The summed E-state index contributed by atoms with van der Waals surface area (Å²) < 4.78 is 0. The van der Waals surface area contributed by atoms with E-state index in [4.69, 9.17) is 0 Å². The molecule has 1 unspecified atom stereocenters. The van der Waals surface area contributed by atoms with Crippen LogP contribution in [0.15, 0.2) is 18.0 Å². The number of piperidine rings is 1. The zero-order valence-electron chi connectivity index (χ0n) is 12.6. The lowest BCUT2D eigenvalue weighted by molar-refractivity contribution is -0.123. The maximum absolute atomic E-state index is 12.6. The van der Waals surface area contributed by atoms with Gasteiger partial charge in [-0.3, -0.25) is 9.69 Å². The molecular weight excluding hydrogens is 268 g/mol. The number of anilines is 1. The van der Waals surface area contributed by atoms with Gasteiger partial charge in [0.1, 0.15) is 0 Å². The highest BCUT2D eigenvalue weighted by molar-refractivity contribution is 7.10. The normalized spacial score (nSPS) is 21.4. The highest BCUT2D eigenvalue weighted by Crippen LogP contribution is 2.28. The summed E-state index contributed by atoms with van der Waals surface area (Å²) in [6.45, 7) is 11.1. The molecule has 2 atom stereocenters. The largest absolute Gasteiger partial charge is 0.323 e. The molecule has 20 heavy (non-hydrogen) atoms. The number of likely N-dealkylation sites (tertiary alicyclic amines) is 1. The Morgan fingerprint density at radius 3 is 2.90 bits per heavy atom. The van der Waals surface area contributed by atoms with Gasteiger partial charge in [-0.2, -0.15) is 0 Å². The number of hydrogen-bond donors (Lipinski definition) is 1. The minimum absolute atomic E-state index is 0.0320. The summed E-state index contributed by atoms with van der Waals surface area (Å²) in [6.07, 6.45) is 5.15. The van der Waals surface area contributed by atoms with Crippen LogP contribution in [-0.4, -0.2) is 29.4 Å². The number of rotatable bonds is 4. The molecule has 0 bridgehead atoms. The number of carbonyl (C=O) groups excluding carboxylic acids is 1. The molecule has 1 saturated heterocycles. The average molecular weight is 292 g/mol. The van der Waals surface area contributed by atoms with E-state index in [2.05, 4.69) is 36.0 Å². The molecule has 1 N–H and O–H groups in total. The predicted molar refractivity (Wildman–Crippen MR) is 86.4 cm³/mol. The van der Waals surface area contributed by atoms with Crippen molar-refractivity contribution in [2.45, 2.75) is 52.1 Å². The minimum Gasteiger partial charge on any atom is -0.323 e. The van der Waals surface area contributed by atoms with Gasteiger partial charge >= 0.3 is 0 Å². The molecule has 2 heterocycles. The van der Waals surface area contributed by atoms with E-state index in [0.717, 1.165) is 30.6 Å². The van der Waals surface area contributed by atoms with Gasteiger partial charge in [0.15, 0.2) is 0 Å². The van der Waals surface area contributed by atoms with Crippen LogP contribution >= 0.6 is 11.3 Å². The average Bonchev–Trinajstić information content (AvgIpc) is 2.78. The van der Waals surface area contributed by atoms with Crippen molar-refractivity contribution in [3.8, 4) is 0 Å². The fourth-order valence-corrected chi connectivity index (χ4v) is 3.62. The lowest BCUT2D eigenvalue weighted by Gasteiger charge is -2.37. The number of hydrogen-bond acceptors (Lipinski definition) is 3. The van der Waals surface area contributed by atoms with Crippen molar-refractivity contribution in [1.29, 1.82) is 0 Å². The molecule has 1 fully saturated rings. The van der Waals surface area contributed by atoms with Crippen LogP contribution in [-0.2, 0) is 4.79 Å². The Bertz CT molecular complexity index is 475. The van der Waals surface area contributed by atoms with E-state index in [9.17, 15) is 4.79 Å². The fraction of sp³-hybridized carbons (Fsp3) is 0.562. The molecule has 1 aromatic rings. The highest BCUT2D eigenvalue weighted by atomic mass is 32.1. The Hall–Kier alpha value is -1.13. The lowest BCUT2D eigenvalue weighted by atomic mass is 9.99. The molecule has 4 heteroatoms. The molecule has 0 aliphatic carbocycles. The molecule has 3 nitrogen and oxygen atoms in total. The van der Waals surface area contributed by atoms with Crippen molar-refractivity contribution in [2.24, 2.45) is 0 Å².